The maximum Gasteiger partial charge on any atom is 0.136 e. The lowest BCUT2D eigenvalue weighted by Gasteiger charge is -2.08. The van der Waals surface area contributed by atoms with Gasteiger partial charge in [-0.1, -0.05) is 12.1 Å². The van der Waals surface area contributed by atoms with E-state index in [1.807, 2.05) is 12.1 Å². The van der Waals surface area contributed by atoms with Gasteiger partial charge >= 0.3 is 0 Å². The van der Waals surface area contributed by atoms with Gasteiger partial charge in [-0.15, -0.1) is 0 Å². The van der Waals surface area contributed by atoms with Crippen molar-refractivity contribution in [3.05, 3.63) is 41.7 Å². The molecule has 110 valence electrons. The quantitative estimate of drug-likeness (QED) is 0.853. The molecule has 1 heterocycles. The molecule has 21 heavy (non-hydrogen) atoms. The van der Waals surface area contributed by atoms with Gasteiger partial charge in [-0.2, -0.15) is 0 Å². The van der Waals surface area contributed by atoms with Gasteiger partial charge in [0.15, 0.2) is 0 Å². The first-order valence-electron chi connectivity index (χ1n) is 7.26. The summed E-state index contributed by atoms with van der Waals surface area (Å²) in [7, 11) is 1.67. The molecule has 0 saturated heterocycles. The highest BCUT2D eigenvalue weighted by Crippen LogP contribution is 2.38. The zero-order valence-corrected chi connectivity index (χ0v) is 12.2. The Bertz CT molecular complexity index is 608. The molecule has 0 aliphatic heterocycles. The zero-order valence-electron chi connectivity index (χ0n) is 12.2. The number of aromatic nitrogens is 2. The summed E-state index contributed by atoms with van der Waals surface area (Å²) in [6.45, 7) is 0.812. The van der Waals surface area contributed by atoms with Gasteiger partial charge in [-0.05, 0) is 37.0 Å². The number of nitrogens with zero attached hydrogens (tertiary/aromatic N) is 2. The maximum atomic E-state index is 5.83. The summed E-state index contributed by atoms with van der Waals surface area (Å²) in [5, 5.41) is 3.32. The van der Waals surface area contributed by atoms with E-state index in [0.717, 1.165) is 30.4 Å². The van der Waals surface area contributed by atoms with Crippen molar-refractivity contribution < 1.29 is 4.74 Å². The molecule has 0 unspecified atom stereocenters. The molecule has 1 aliphatic carbocycles. The lowest BCUT2D eigenvalue weighted by molar-refractivity contribution is 0.414. The van der Waals surface area contributed by atoms with Crippen LogP contribution in [0.1, 0.15) is 30.1 Å². The molecule has 1 fully saturated rings. The molecule has 1 aromatic carbocycles. The largest absolute Gasteiger partial charge is 0.497 e. The van der Waals surface area contributed by atoms with E-state index >= 15 is 0 Å². The number of anilines is 2. The first-order chi connectivity index (χ1) is 10.2. The summed E-state index contributed by atoms with van der Waals surface area (Å²) in [5.74, 6) is 3.62. The van der Waals surface area contributed by atoms with Crippen molar-refractivity contribution in [2.45, 2.75) is 25.2 Å². The van der Waals surface area contributed by atoms with Crippen molar-refractivity contribution in [1.82, 2.24) is 9.97 Å². The Labute approximate surface area is 124 Å². The molecule has 0 radical (unpaired) electrons. The number of nitrogen functional groups attached to an aromatic ring is 1. The topological polar surface area (TPSA) is 73.1 Å². The Hall–Kier alpha value is -2.30. The summed E-state index contributed by atoms with van der Waals surface area (Å²) >= 11 is 0. The summed E-state index contributed by atoms with van der Waals surface area (Å²) in [6, 6.07) is 9.89. The third-order valence-electron chi connectivity index (χ3n) is 3.58. The molecule has 2 aromatic rings. The summed E-state index contributed by atoms with van der Waals surface area (Å²) in [5.41, 5.74) is 7.09. The molecule has 3 N–H and O–H groups in total. The lowest BCUT2D eigenvalue weighted by Crippen LogP contribution is -2.09. The van der Waals surface area contributed by atoms with Crippen LogP contribution < -0.4 is 15.8 Å². The van der Waals surface area contributed by atoms with Crippen LogP contribution in [-0.4, -0.2) is 23.6 Å². The Morgan fingerprint density at radius 2 is 2.00 bits per heavy atom. The molecule has 3 rings (SSSR count). The number of benzene rings is 1. The van der Waals surface area contributed by atoms with Crippen LogP contribution >= 0.6 is 0 Å². The smallest absolute Gasteiger partial charge is 0.136 e. The van der Waals surface area contributed by atoms with E-state index < -0.39 is 0 Å². The van der Waals surface area contributed by atoms with E-state index in [4.69, 9.17) is 10.5 Å². The molecular weight excluding hydrogens is 264 g/mol. The number of nitrogens with one attached hydrogen (secondary N) is 1. The molecule has 5 nitrogen and oxygen atoms in total. The third-order valence-corrected chi connectivity index (χ3v) is 3.58. The van der Waals surface area contributed by atoms with Gasteiger partial charge in [-0.3, -0.25) is 0 Å². The monoisotopic (exact) mass is 284 g/mol. The van der Waals surface area contributed by atoms with E-state index in [0.29, 0.717) is 11.7 Å². The van der Waals surface area contributed by atoms with Crippen LogP contribution in [-0.2, 0) is 6.42 Å². The predicted molar refractivity (Wildman–Crippen MR) is 83.6 cm³/mol. The van der Waals surface area contributed by atoms with Crippen molar-refractivity contribution in [3.63, 3.8) is 0 Å². The summed E-state index contributed by atoms with van der Waals surface area (Å²) in [6.07, 6.45) is 3.27. The molecule has 1 aliphatic rings. The number of hydrogen-bond donors (Lipinski definition) is 2. The molecule has 0 bridgehead atoms. The molecule has 0 atom stereocenters. The molecule has 1 saturated carbocycles. The minimum atomic E-state index is 0.510. The van der Waals surface area contributed by atoms with Gasteiger partial charge < -0.3 is 15.8 Å². The first kappa shape index (κ1) is 13.7. The van der Waals surface area contributed by atoms with Crippen molar-refractivity contribution in [1.29, 1.82) is 0 Å². The van der Waals surface area contributed by atoms with E-state index in [2.05, 4.69) is 27.4 Å². The van der Waals surface area contributed by atoms with Crippen LogP contribution in [0.15, 0.2) is 30.3 Å². The van der Waals surface area contributed by atoms with Crippen molar-refractivity contribution >= 4 is 11.6 Å². The minimum absolute atomic E-state index is 0.510. The van der Waals surface area contributed by atoms with Gasteiger partial charge in [0.1, 0.15) is 23.2 Å². The van der Waals surface area contributed by atoms with E-state index in [1.54, 1.807) is 13.2 Å². The predicted octanol–water partition coefficient (Wildman–Crippen LogP) is 2.60. The fourth-order valence-corrected chi connectivity index (χ4v) is 2.23. The molecule has 5 heteroatoms. The van der Waals surface area contributed by atoms with Gasteiger partial charge in [0.2, 0.25) is 0 Å². The van der Waals surface area contributed by atoms with Gasteiger partial charge in [-0.25, -0.2) is 9.97 Å². The van der Waals surface area contributed by atoms with Crippen molar-refractivity contribution in [3.8, 4) is 5.75 Å². The highest BCUT2D eigenvalue weighted by Gasteiger charge is 2.27. The second kappa shape index (κ2) is 5.99. The Morgan fingerprint density at radius 1 is 1.24 bits per heavy atom. The average Bonchev–Trinajstić information content (AvgIpc) is 3.32. The maximum absolute atomic E-state index is 5.83. The fourth-order valence-electron chi connectivity index (χ4n) is 2.23. The van der Waals surface area contributed by atoms with Crippen LogP contribution in [0.4, 0.5) is 11.6 Å². The highest BCUT2D eigenvalue weighted by molar-refractivity contribution is 5.45. The van der Waals surface area contributed by atoms with Crippen molar-refractivity contribution in [2.24, 2.45) is 0 Å². The van der Waals surface area contributed by atoms with E-state index in [1.165, 1.54) is 18.4 Å². The van der Waals surface area contributed by atoms with Gasteiger partial charge in [0.25, 0.3) is 0 Å². The van der Waals surface area contributed by atoms with Crippen LogP contribution in [0.2, 0.25) is 0 Å². The number of hydrogen-bond acceptors (Lipinski definition) is 5. The number of methoxy groups -OCH3 is 1. The Balaban J connectivity index is 1.57. The zero-order chi connectivity index (χ0) is 14.7. The molecule has 0 spiro atoms. The second-order valence-electron chi connectivity index (χ2n) is 5.34. The third kappa shape index (κ3) is 3.62. The van der Waals surface area contributed by atoms with Crippen LogP contribution in [0.3, 0.4) is 0 Å². The normalized spacial score (nSPS) is 14.0. The summed E-state index contributed by atoms with van der Waals surface area (Å²) < 4.78 is 5.15. The number of nitrogens with two attached hydrogens (primary N) is 1. The Kier molecular flexibility index (Phi) is 3.90. The average molecular weight is 284 g/mol. The van der Waals surface area contributed by atoms with Gasteiger partial charge in [0.05, 0.1) is 7.11 Å². The molecule has 0 amide bonds. The minimum Gasteiger partial charge on any atom is -0.497 e. The molecular formula is C16H20N4O. The van der Waals surface area contributed by atoms with Crippen molar-refractivity contribution in [2.75, 3.05) is 24.7 Å². The SMILES string of the molecule is COc1ccc(CCNc2cc(N)nc(C3CC3)n2)cc1. The van der Waals surface area contributed by atoms with Crippen LogP contribution in [0.5, 0.6) is 5.75 Å². The van der Waals surface area contributed by atoms with Crippen LogP contribution in [0.25, 0.3) is 0 Å². The molecule has 1 aromatic heterocycles. The Morgan fingerprint density at radius 3 is 2.67 bits per heavy atom. The highest BCUT2D eigenvalue weighted by atomic mass is 16.5. The summed E-state index contributed by atoms with van der Waals surface area (Å²) in [4.78, 5) is 8.83. The fraction of sp³-hybridized carbons (Fsp3) is 0.375. The number of rotatable bonds is 6. The first-order valence-corrected chi connectivity index (χ1v) is 7.26. The van der Waals surface area contributed by atoms with E-state index in [9.17, 15) is 0 Å². The van der Waals surface area contributed by atoms with Gasteiger partial charge in [0, 0.05) is 18.5 Å². The second-order valence-corrected chi connectivity index (χ2v) is 5.34. The van der Waals surface area contributed by atoms with Crippen LogP contribution in [0, 0.1) is 0 Å². The number of ether oxygens (including phenoxy) is 1. The standard InChI is InChI=1S/C16H20N4O/c1-21-13-6-2-11(3-7-13)8-9-18-15-10-14(17)19-16(20-15)12-4-5-12/h2-3,6-7,10,12H,4-5,8-9H2,1H3,(H3,17,18,19,20). The van der Waals surface area contributed by atoms with E-state index in [-0.39, 0.29) is 0 Å². The lowest BCUT2D eigenvalue weighted by atomic mass is 10.1.